The van der Waals surface area contributed by atoms with E-state index in [1.54, 1.807) is 0 Å². The van der Waals surface area contributed by atoms with Gasteiger partial charge in [-0.2, -0.15) is 11.8 Å². The van der Waals surface area contributed by atoms with Crippen LogP contribution in [0.4, 0.5) is 0 Å². The van der Waals surface area contributed by atoms with Gasteiger partial charge in [-0.05, 0) is 30.3 Å². The summed E-state index contributed by atoms with van der Waals surface area (Å²) in [7, 11) is 2.19. The molecule has 114 valence electrons. The molecule has 0 bridgehead atoms. The molecule has 0 heterocycles. The van der Waals surface area contributed by atoms with Crippen molar-refractivity contribution in [2.24, 2.45) is 0 Å². The third-order valence-corrected chi connectivity index (χ3v) is 4.10. The second-order valence-corrected chi connectivity index (χ2v) is 6.92. The molecule has 2 nitrogen and oxygen atoms in total. The highest BCUT2D eigenvalue weighted by atomic mass is 32.2. The van der Waals surface area contributed by atoms with Crippen LogP contribution in [0.15, 0.2) is 24.3 Å². The van der Waals surface area contributed by atoms with E-state index in [1.165, 1.54) is 16.9 Å². The maximum absolute atomic E-state index is 3.50. The molecule has 1 atom stereocenters. The number of hydrogen-bond donors (Lipinski definition) is 1. The Morgan fingerprint density at radius 3 is 2.35 bits per heavy atom. The lowest BCUT2D eigenvalue weighted by atomic mass is 9.99. The van der Waals surface area contributed by atoms with Gasteiger partial charge in [-0.1, -0.05) is 45.0 Å². The lowest BCUT2D eigenvalue weighted by Gasteiger charge is -2.18. The van der Waals surface area contributed by atoms with Crippen molar-refractivity contribution in [2.45, 2.75) is 39.3 Å². The van der Waals surface area contributed by atoms with Gasteiger partial charge in [0.25, 0.3) is 0 Å². The van der Waals surface area contributed by atoms with Crippen molar-refractivity contribution in [1.82, 2.24) is 10.2 Å². The molecule has 3 heteroatoms. The molecule has 0 saturated carbocycles. The van der Waals surface area contributed by atoms with Crippen LogP contribution in [0.5, 0.6) is 0 Å². The first-order valence-corrected chi connectivity index (χ1v) is 8.92. The Bertz CT molecular complexity index is 362. The Morgan fingerprint density at radius 2 is 1.80 bits per heavy atom. The molecule has 20 heavy (non-hydrogen) atoms. The van der Waals surface area contributed by atoms with Crippen molar-refractivity contribution in [2.75, 3.05) is 32.1 Å². The Hall–Kier alpha value is -0.510. The van der Waals surface area contributed by atoms with Gasteiger partial charge in [0.05, 0.1) is 0 Å². The number of thioether (sulfide) groups is 1. The summed E-state index contributed by atoms with van der Waals surface area (Å²) in [5.74, 6) is 1.77. The van der Waals surface area contributed by atoms with E-state index >= 15 is 0 Å². The molecule has 0 saturated heterocycles. The molecule has 0 aromatic heterocycles. The Kier molecular flexibility index (Phi) is 8.27. The van der Waals surface area contributed by atoms with Crippen LogP contribution in [-0.2, 0) is 6.54 Å². The van der Waals surface area contributed by atoms with Crippen molar-refractivity contribution >= 4 is 11.8 Å². The van der Waals surface area contributed by atoms with Crippen LogP contribution >= 0.6 is 11.8 Å². The smallest absolute Gasteiger partial charge is 0.0231 e. The molecule has 1 unspecified atom stereocenters. The second kappa shape index (κ2) is 9.43. The summed E-state index contributed by atoms with van der Waals surface area (Å²) in [5.41, 5.74) is 2.83. The normalized spacial score (nSPS) is 13.2. The van der Waals surface area contributed by atoms with Gasteiger partial charge >= 0.3 is 0 Å². The molecular formula is C17H30N2S. The van der Waals surface area contributed by atoms with E-state index < -0.39 is 0 Å². The third-order valence-electron chi connectivity index (χ3n) is 3.51. The average Bonchev–Trinajstić information content (AvgIpc) is 2.43. The summed E-state index contributed by atoms with van der Waals surface area (Å²) in [6.45, 7) is 9.91. The summed E-state index contributed by atoms with van der Waals surface area (Å²) >= 11 is 1.91. The van der Waals surface area contributed by atoms with Gasteiger partial charge in [0.1, 0.15) is 0 Å². The quantitative estimate of drug-likeness (QED) is 0.749. The van der Waals surface area contributed by atoms with Gasteiger partial charge in [-0.3, -0.25) is 0 Å². The summed E-state index contributed by atoms with van der Waals surface area (Å²) in [6.07, 6.45) is 2.16. The highest BCUT2D eigenvalue weighted by Gasteiger charge is 2.06. The molecule has 1 N–H and O–H groups in total. The molecule has 0 fully saturated rings. The van der Waals surface area contributed by atoms with E-state index in [0.717, 1.165) is 19.6 Å². The zero-order valence-corrected chi connectivity index (χ0v) is 14.5. The first-order chi connectivity index (χ1) is 9.52. The largest absolute Gasteiger partial charge is 0.314 e. The predicted molar refractivity (Wildman–Crippen MR) is 92.7 cm³/mol. The fourth-order valence-electron chi connectivity index (χ4n) is 2.12. The van der Waals surface area contributed by atoms with E-state index in [2.05, 4.69) is 68.6 Å². The van der Waals surface area contributed by atoms with Crippen molar-refractivity contribution in [3.8, 4) is 0 Å². The molecule has 1 aromatic rings. The summed E-state index contributed by atoms with van der Waals surface area (Å²) in [4.78, 5) is 2.38. The van der Waals surface area contributed by atoms with E-state index in [9.17, 15) is 0 Å². The number of benzene rings is 1. The summed E-state index contributed by atoms with van der Waals surface area (Å²) < 4.78 is 0. The van der Waals surface area contributed by atoms with Crippen LogP contribution in [0.25, 0.3) is 0 Å². The molecule has 0 aliphatic heterocycles. The van der Waals surface area contributed by atoms with Gasteiger partial charge in [-0.15, -0.1) is 0 Å². The van der Waals surface area contributed by atoms with Gasteiger partial charge < -0.3 is 10.2 Å². The number of rotatable bonds is 9. The van der Waals surface area contributed by atoms with Gasteiger partial charge in [0, 0.05) is 31.4 Å². The highest BCUT2D eigenvalue weighted by molar-refractivity contribution is 7.98. The minimum Gasteiger partial charge on any atom is -0.314 e. The van der Waals surface area contributed by atoms with E-state index in [0.29, 0.717) is 12.0 Å². The number of nitrogens with one attached hydrogen (secondary N) is 1. The predicted octanol–water partition coefficient (Wildman–Crippen LogP) is 3.58. The van der Waals surface area contributed by atoms with Crippen LogP contribution in [0.2, 0.25) is 0 Å². The minimum atomic E-state index is 0.557. The highest BCUT2D eigenvalue weighted by Crippen LogP contribution is 2.16. The van der Waals surface area contributed by atoms with Crippen LogP contribution in [0.1, 0.15) is 37.8 Å². The molecule has 1 aromatic carbocycles. The topological polar surface area (TPSA) is 15.3 Å². The first-order valence-electron chi connectivity index (χ1n) is 7.52. The van der Waals surface area contributed by atoms with Crippen molar-refractivity contribution in [1.29, 1.82) is 0 Å². The average molecular weight is 295 g/mol. The maximum atomic E-state index is 3.50. The Labute approximate surface area is 129 Å². The van der Waals surface area contributed by atoms with Crippen LogP contribution in [0, 0.1) is 0 Å². The molecule has 0 amide bonds. The van der Waals surface area contributed by atoms with Gasteiger partial charge in [0.2, 0.25) is 0 Å². The lowest BCUT2D eigenvalue weighted by Crippen LogP contribution is -2.27. The molecule has 0 aliphatic rings. The maximum Gasteiger partial charge on any atom is 0.0231 e. The molecule has 1 rings (SSSR count). The lowest BCUT2D eigenvalue weighted by molar-refractivity contribution is 0.349. The third kappa shape index (κ3) is 6.78. The monoisotopic (exact) mass is 294 g/mol. The van der Waals surface area contributed by atoms with E-state index in [-0.39, 0.29) is 0 Å². The van der Waals surface area contributed by atoms with Crippen molar-refractivity contribution in [3.05, 3.63) is 35.4 Å². The van der Waals surface area contributed by atoms with Crippen molar-refractivity contribution in [3.63, 3.8) is 0 Å². The molecule has 0 spiro atoms. The zero-order chi connectivity index (χ0) is 15.0. The van der Waals surface area contributed by atoms with Gasteiger partial charge in [-0.25, -0.2) is 0 Å². The van der Waals surface area contributed by atoms with Crippen LogP contribution in [0.3, 0.4) is 0 Å². The molecule has 0 radical (unpaired) electrons. The van der Waals surface area contributed by atoms with Crippen molar-refractivity contribution < 1.29 is 0 Å². The van der Waals surface area contributed by atoms with Crippen LogP contribution < -0.4 is 5.32 Å². The SMILES string of the molecule is CSCCN(C)Cc1ccc(C(C)CNC(C)C)cc1. The summed E-state index contributed by atoms with van der Waals surface area (Å²) in [6, 6.07) is 9.67. The zero-order valence-electron chi connectivity index (χ0n) is 13.6. The van der Waals surface area contributed by atoms with Crippen LogP contribution in [-0.4, -0.2) is 43.1 Å². The Balaban J connectivity index is 2.47. The number of hydrogen-bond acceptors (Lipinski definition) is 3. The fraction of sp³-hybridized carbons (Fsp3) is 0.647. The fourth-order valence-corrected chi connectivity index (χ4v) is 2.61. The second-order valence-electron chi connectivity index (χ2n) is 5.94. The number of nitrogens with zero attached hydrogens (tertiary/aromatic N) is 1. The minimum absolute atomic E-state index is 0.557. The van der Waals surface area contributed by atoms with Gasteiger partial charge in [0.15, 0.2) is 0 Å². The first kappa shape index (κ1) is 17.5. The van der Waals surface area contributed by atoms with E-state index in [1.807, 2.05) is 11.8 Å². The Morgan fingerprint density at radius 1 is 1.15 bits per heavy atom. The summed E-state index contributed by atoms with van der Waals surface area (Å²) in [5, 5.41) is 3.50. The molecule has 0 aliphatic carbocycles. The molecular weight excluding hydrogens is 264 g/mol. The van der Waals surface area contributed by atoms with E-state index in [4.69, 9.17) is 0 Å². The standard InChI is InChI=1S/C17H30N2S/c1-14(2)18-12-15(3)17-8-6-16(7-9-17)13-19(4)10-11-20-5/h6-9,14-15,18H,10-13H2,1-5H3.